The zero-order valence-corrected chi connectivity index (χ0v) is 15.0. The fraction of sp³-hybridized carbons (Fsp3) is 0.500. The van der Waals surface area contributed by atoms with E-state index in [-0.39, 0.29) is 0 Å². The molecule has 124 valence electrons. The van der Waals surface area contributed by atoms with E-state index in [0.29, 0.717) is 0 Å². The highest BCUT2D eigenvalue weighted by Crippen LogP contribution is 2.18. The summed E-state index contributed by atoms with van der Waals surface area (Å²) in [6.45, 7) is 3.41. The fourth-order valence-electron chi connectivity index (χ4n) is 2.68. The Hall–Kier alpha value is -1.74. The summed E-state index contributed by atoms with van der Waals surface area (Å²) in [5.41, 5.74) is 4.69. The van der Waals surface area contributed by atoms with Gasteiger partial charge in [0.25, 0.3) is 0 Å². The summed E-state index contributed by atoms with van der Waals surface area (Å²) in [5, 5.41) is 0. The van der Waals surface area contributed by atoms with Crippen molar-refractivity contribution in [2.24, 2.45) is 0 Å². The Labute approximate surface area is 141 Å². The highest BCUT2D eigenvalue weighted by Gasteiger charge is 2.08. The maximum absolute atomic E-state index is 4.52. The van der Waals surface area contributed by atoms with Crippen molar-refractivity contribution in [3.05, 3.63) is 47.8 Å². The second kappa shape index (κ2) is 8.21. The van der Waals surface area contributed by atoms with Gasteiger partial charge >= 0.3 is 0 Å². The van der Waals surface area contributed by atoms with Crippen LogP contribution in [-0.2, 0) is 12.8 Å². The van der Waals surface area contributed by atoms with E-state index in [2.05, 4.69) is 62.3 Å². The minimum Gasteiger partial charge on any atom is -0.331 e. The summed E-state index contributed by atoms with van der Waals surface area (Å²) in [6.07, 6.45) is 9.68. The molecule has 0 bridgehead atoms. The lowest BCUT2D eigenvalue weighted by atomic mass is 10.1. The highest BCUT2D eigenvalue weighted by molar-refractivity contribution is 5.55. The van der Waals surface area contributed by atoms with Crippen molar-refractivity contribution in [1.82, 2.24) is 9.97 Å². The SMILES string of the molecule is CCCCc1ccnc(-c2cc(CCC[N+](C)(C)C)ccn2)c1. The van der Waals surface area contributed by atoms with Gasteiger partial charge in [-0.25, -0.2) is 0 Å². The molecule has 0 aliphatic heterocycles. The Balaban J connectivity index is 2.07. The topological polar surface area (TPSA) is 25.8 Å². The molecular formula is C20H30N3+. The molecule has 0 aliphatic rings. The summed E-state index contributed by atoms with van der Waals surface area (Å²) < 4.78 is 1.01. The monoisotopic (exact) mass is 312 g/mol. The van der Waals surface area contributed by atoms with Crippen LogP contribution >= 0.6 is 0 Å². The van der Waals surface area contributed by atoms with Gasteiger partial charge in [0, 0.05) is 18.8 Å². The first-order valence-electron chi connectivity index (χ1n) is 8.68. The molecule has 0 amide bonds. The Morgan fingerprint density at radius 3 is 1.83 bits per heavy atom. The van der Waals surface area contributed by atoms with E-state index in [1.807, 2.05) is 12.4 Å². The lowest BCUT2D eigenvalue weighted by Crippen LogP contribution is -2.35. The molecule has 0 N–H and O–H groups in total. The van der Waals surface area contributed by atoms with Crippen molar-refractivity contribution in [1.29, 1.82) is 0 Å². The van der Waals surface area contributed by atoms with Crippen molar-refractivity contribution >= 4 is 0 Å². The van der Waals surface area contributed by atoms with Crippen LogP contribution in [0.15, 0.2) is 36.7 Å². The number of aromatic nitrogens is 2. The number of rotatable bonds is 8. The Morgan fingerprint density at radius 2 is 1.35 bits per heavy atom. The van der Waals surface area contributed by atoms with Gasteiger partial charge in [-0.05, 0) is 54.7 Å². The van der Waals surface area contributed by atoms with Crippen LogP contribution in [0.4, 0.5) is 0 Å². The lowest BCUT2D eigenvalue weighted by molar-refractivity contribution is -0.870. The predicted octanol–water partition coefficient (Wildman–Crippen LogP) is 4.13. The molecule has 0 aromatic carbocycles. The van der Waals surface area contributed by atoms with Crippen LogP contribution in [0.2, 0.25) is 0 Å². The fourth-order valence-corrected chi connectivity index (χ4v) is 2.68. The van der Waals surface area contributed by atoms with Crippen LogP contribution in [0.1, 0.15) is 37.3 Å². The molecule has 0 radical (unpaired) electrons. The van der Waals surface area contributed by atoms with Crippen molar-refractivity contribution < 1.29 is 4.48 Å². The van der Waals surface area contributed by atoms with Crippen LogP contribution in [-0.4, -0.2) is 42.1 Å². The van der Waals surface area contributed by atoms with Crippen molar-refractivity contribution in [3.63, 3.8) is 0 Å². The van der Waals surface area contributed by atoms with Gasteiger partial charge < -0.3 is 4.48 Å². The van der Waals surface area contributed by atoms with Gasteiger partial charge in [-0.3, -0.25) is 9.97 Å². The molecule has 3 heteroatoms. The molecule has 0 unspecified atom stereocenters. The molecule has 2 aromatic rings. The Morgan fingerprint density at radius 1 is 0.826 bits per heavy atom. The largest absolute Gasteiger partial charge is 0.331 e. The molecule has 23 heavy (non-hydrogen) atoms. The minimum atomic E-state index is 0.992. The van der Waals surface area contributed by atoms with E-state index < -0.39 is 0 Å². The van der Waals surface area contributed by atoms with Gasteiger partial charge in [0.1, 0.15) is 0 Å². The summed E-state index contributed by atoms with van der Waals surface area (Å²) >= 11 is 0. The second-order valence-corrected chi connectivity index (χ2v) is 7.32. The van der Waals surface area contributed by atoms with Crippen molar-refractivity contribution in [3.8, 4) is 11.4 Å². The van der Waals surface area contributed by atoms with Crippen LogP contribution in [0.25, 0.3) is 11.4 Å². The quantitative estimate of drug-likeness (QED) is 0.685. The summed E-state index contributed by atoms with van der Waals surface area (Å²) in [4.78, 5) is 9.03. The first kappa shape index (κ1) is 17.6. The van der Waals surface area contributed by atoms with Gasteiger partial charge in [0.15, 0.2) is 0 Å². The maximum atomic E-state index is 4.52. The molecular weight excluding hydrogens is 282 g/mol. The molecule has 3 nitrogen and oxygen atoms in total. The van der Waals surface area contributed by atoms with E-state index in [1.165, 1.54) is 36.9 Å². The van der Waals surface area contributed by atoms with Gasteiger partial charge in [-0.15, -0.1) is 0 Å². The first-order chi connectivity index (χ1) is 11.0. The molecule has 0 saturated heterocycles. The summed E-state index contributed by atoms with van der Waals surface area (Å²) in [6, 6.07) is 8.62. The summed E-state index contributed by atoms with van der Waals surface area (Å²) in [5.74, 6) is 0. The van der Waals surface area contributed by atoms with E-state index >= 15 is 0 Å². The molecule has 2 rings (SSSR count). The minimum absolute atomic E-state index is 0.992. The Bertz CT molecular complexity index is 614. The van der Waals surface area contributed by atoms with Crippen molar-refractivity contribution in [2.45, 2.75) is 39.0 Å². The van der Waals surface area contributed by atoms with Crippen LogP contribution in [0, 0.1) is 0 Å². The number of hydrogen-bond donors (Lipinski definition) is 0. The third-order valence-corrected chi connectivity index (χ3v) is 4.02. The van der Waals surface area contributed by atoms with E-state index in [1.54, 1.807) is 0 Å². The molecule has 2 aromatic heterocycles. The van der Waals surface area contributed by atoms with Gasteiger partial charge in [-0.2, -0.15) is 0 Å². The van der Waals surface area contributed by atoms with Gasteiger partial charge in [0.05, 0.1) is 39.1 Å². The number of quaternary nitrogens is 1. The normalized spacial score (nSPS) is 11.7. The molecule has 0 aliphatic carbocycles. The summed E-state index contributed by atoms with van der Waals surface area (Å²) in [7, 11) is 6.72. The van der Waals surface area contributed by atoms with Gasteiger partial charge in [-0.1, -0.05) is 13.3 Å². The van der Waals surface area contributed by atoms with E-state index in [9.17, 15) is 0 Å². The van der Waals surface area contributed by atoms with E-state index in [0.717, 1.165) is 28.7 Å². The number of hydrogen-bond acceptors (Lipinski definition) is 2. The molecule has 0 atom stereocenters. The number of unbranched alkanes of at least 4 members (excludes halogenated alkanes) is 1. The number of nitrogens with zero attached hydrogens (tertiary/aromatic N) is 3. The van der Waals surface area contributed by atoms with Crippen LogP contribution in [0.5, 0.6) is 0 Å². The standard InChI is InChI=1S/C20H30N3/c1-5-6-8-17-10-12-21-19(15-17)20-16-18(11-13-22-20)9-7-14-23(2,3)4/h10-13,15-16H,5-9,14H2,1-4H3/q+1. The Kier molecular flexibility index (Phi) is 6.28. The maximum Gasteiger partial charge on any atom is 0.0888 e. The predicted molar refractivity (Wildman–Crippen MR) is 97.3 cm³/mol. The second-order valence-electron chi connectivity index (χ2n) is 7.32. The molecule has 0 saturated carbocycles. The molecule has 0 fully saturated rings. The van der Waals surface area contributed by atoms with Crippen molar-refractivity contribution in [2.75, 3.05) is 27.7 Å². The highest BCUT2D eigenvalue weighted by atomic mass is 15.3. The van der Waals surface area contributed by atoms with Crippen LogP contribution in [0.3, 0.4) is 0 Å². The third kappa shape index (κ3) is 6.11. The smallest absolute Gasteiger partial charge is 0.0888 e. The van der Waals surface area contributed by atoms with E-state index in [4.69, 9.17) is 0 Å². The molecule has 2 heterocycles. The lowest BCUT2D eigenvalue weighted by Gasteiger charge is -2.23. The zero-order chi connectivity index (χ0) is 16.7. The first-order valence-corrected chi connectivity index (χ1v) is 8.68. The molecule has 0 spiro atoms. The van der Waals surface area contributed by atoms with Gasteiger partial charge in [0.2, 0.25) is 0 Å². The zero-order valence-electron chi connectivity index (χ0n) is 15.0. The average molecular weight is 312 g/mol. The third-order valence-electron chi connectivity index (χ3n) is 4.02. The van der Waals surface area contributed by atoms with Crippen LogP contribution < -0.4 is 0 Å². The number of aryl methyl sites for hydroxylation is 2. The average Bonchev–Trinajstić information content (AvgIpc) is 2.52. The number of pyridine rings is 2.